The maximum atomic E-state index is 13.7. The summed E-state index contributed by atoms with van der Waals surface area (Å²) in [5, 5.41) is 22.6. The van der Waals surface area contributed by atoms with Crippen molar-refractivity contribution < 1.29 is 42.9 Å². The molecule has 0 bridgehead atoms. The Balaban J connectivity index is 1.65. The quantitative estimate of drug-likeness (QED) is 0.137. The first-order valence-corrected chi connectivity index (χ1v) is 13.6. The second-order valence-corrected chi connectivity index (χ2v) is 11.3. The maximum Gasteiger partial charge on any atom is 0.352 e. The fourth-order valence-corrected chi connectivity index (χ4v) is 7.01. The van der Waals surface area contributed by atoms with Gasteiger partial charge in [-0.05, 0) is 23.6 Å². The summed E-state index contributed by atoms with van der Waals surface area (Å²) in [7, 11) is -2.11. The number of non-ortho nitro benzene ring substituents is 1. The Morgan fingerprint density at radius 1 is 1.21 bits per heavy atom. The van der Waals surface area contributed by atoms with Gasteiger partial charge >= 0.3 is 11.9 Å². The molecule has 2 aromatic rings. The van der Waals surface area contributed by atoms with E-state index in [1.165, 1.54) is 23.5 Å². The molecule has 3 unspecified atom stereocenters. The number of hydrogen-bond donors (Lipinski definition) is 2. The molecule has 1 fully saturated rings. The smallest absolute Gasteiger partial charge is 0.352 e. The highest BCUT2D eigenvalue weighted by Crippen LogP contribution is 2.40. The van der Waals surface area contributed by atoms with Crippen molar-refractivity contribution >= 4 is 57.4 Å². The van der Waals surface area contributed by atoms with Gasteiger partial charge in [0.25, 0.3) is 11.6 Å². The molecule has 2 aliphatic rings. The zero-order valence-corrected chi connectivity index (χ0v) is 21.9. The van der Waals surface area contributed by atoms with Crippen LogP contribution in [0.2, 0.25) is 0 Å². The molecule has 1 aromatic heterocycles. The van der Waals surface area contributed by atoms with Crippen molar-refractivity contribution in [1.82, 2.24) is 10.2 Å². The van der Waals surface area contributed by atoms with Crippen molar-refractivity contribution in [2.75, 3.05) is 6.61 Å². The number of carboxylic acids is 1. The van der Waals surface area contributed by atoms with Crippen molar-refractivity contribution in [3.63, 3.8) is 0 Å². The van der Waals surface area contributed by atoms with E-state index in [1.54, 1.807) is 17.5 Å². The van der Waals surface area contributed by atoms with Crippen LogP contribution in [0.4, 0.5) is 5.69 Å². The molecule has 1 aromatic carbocycles. The minimum absolute atomic E-state index is 0.0395. The highest BCUT2D eigenvalue weighted by Gasteiger charge is 2.59. The second-order valence-electron chi connectivity index (χ2n) is 8.61. The number of nitro groups is 1. The minimum Gasteiger partial charge on any atom is -0.477 e. The Labute approximate surface area is 227 Å². The number of Topliss-reactive ketones (excluding diaryl/α,β-unsaturated/α-hetero) is 1. The van der Waals surface area contributed by atoms with Crippen LogP contribution >= 0.6 is 11.3 Å². The van der Waals surface area contributed by atoms with Gasteiger partial charge in [-0.2, -0.15) is 0 Å². The molecule has 1 saturated heterocycles. The number of amides is 2. The number of hydrogen-bond acceptors (Lipinski definition) is 10. The normalized spacial score (nSPS) is 22.0. The second kappa shape index (κ2) is 11.2. The first-order chi connectivity index (χ1) is 18.5. The largest absolute Gasteiger partial charge is 0.477 e. The van der Waals surface area contributed by atoms with E-state index in [4.69, 9.17) is 4.74 Å². The van der Waals surface area contributed by atoms with Crippen molar-refractivity contribution in [1.29, 1.82) is 0 Å². The Morgan fingerprint density at radius 2 is 1.90 bits per heavy atom. The number of carbonyl (C=O) groups excluding carboxylic acids is 4. The number of esters is 1. The lowest BCUT2D eigenvalue weighted by Crippen LogP contribution is -2.74. The van der Waals surface area contributed by atoms with Crippen LogP contribution in [0.3, 0.4) is 0 Å². The Bertz CT molecular complexity index is 1420. The zero-order valence-electron chi connectivity index (χ0n) is 20.2. The van der Waals surface area contributed by atoms with Crippen molar-refractivity contribution in [3.05, 3.63) is 73.6 Å². The average Bonchev–Trinajstić information content (AvgIpc) is 3.39. The maximum absolute atomic E-state index is 13.7. The topological polar surface area (TPSA) is 190 Å². The van der Waals surface area contributed by atoms with E-state index < -0.39 is 80.6 Å². The lowest BCUT2D eigenvalue weighted by molar-refractivity contribution is -0.384. The van der Waals surface area contributed by atoms with Crippen LogP contribution in [0.25, 0.3) is 0 Å². The van der Waals surface area contributed by atoms with Crippen LogP contribution in [0.5, 0.6) is 0 Å². The summed E-state index contributed by atoms with van der Waals surface area (Å²) in [5.74, 6) is -4.27. The van der Waals surface area contributed by atoms with Gasteiger partial charge in [0.15, 0.2) is 5.78 Å². The molecule has 3 heterocycles. The molecule has 4 atom stereocenters. The van der Waals surface area contributed by atoms with Crippen LogP contribution in [0.15, 0.2) is 53.0 Å². The summed E-state index contributed by atoms with van der Waals surface area (Å²) in [6.07, 6.45) is -0.547. The molecule has 13 nitrogen and oxygen atoms in total. The number of thiophene rings is 1. The van der Waals surface area contributed by atoms with Gasteiger partial charge in [-0.3, -0.25) is 38.4 Å². The number of carbonyl (C=O) groups is 5. The number of nitrogens with one attached hydrogen (secondary N) is 1. The van der Waals surface area contributed by atoms with Crippen LogP contribution < -0.4 is 5.32 Å². The fourth-order valence-electron chi connectivity index (χ4n) is 4.33. The van der Waals surface area contributed by atoms with E-state index in [0.717, 1.165) is 28.8 Å². The number of carboxylic acid groups (broad SMARTS) is 1. The van der Waals surface area contributed by atoms with E-state index >= 15 is 0 Å². The SMILES string of the molecule is CC(=O)OCC1=C(C(=O)O)N2C(=O)C(NC(=O)Cc3cccs3)[C@H]2S(=O)C1CC(=O)c1ccc([N+](=O)[O-])cc1. The van der Waals surface area contributed by atoms with Crippen molar-refractivity contribution in [2.24, 2.45) is 0 Å². The molecule has 0 spiro atoms. The van der Waals surface area contributed by atoms with Crippen LogP contribution in [0, 0.1) is 10.1 Å². The number of ether oxygens (including phenoxy) is 1. The number of β-lactam (4-membered cyclic amide) rings is 1. The molecule has 2 aliphatic heterocycles. The first kappa shape index (κ1) is 27.8. The third-order valence-electron chi connectivity index (χ3n) is 6.13. The highest BCUT2D eigenvalue weighted by atomic mass is 32.2. The zero-order chi connectivity index (χ0) is 28.4. The standard InChI is InChI=1S/C24H21N3O10S2/c1-12(28)37-11-16-18(10-17(29)13-4-6-14(7-5-13)27(34)35)39(36)23-20(22(31)26(23)21(16)24(32)33)25-19(30)9-15-3-2-8-38-15/h2-8,18,20,23H,9-11H2,1H3,(H,25,30)(H,32,33)/t18?,20?,23-,39?/m1/s1. The van der Waals surface area contributed by atoms with Crippen molar-refractivity contribution in [2.45, 2.75) is 36.4 Å². The van der Waals surface area contributed by atoms with Gasteiger partial charge in [-0.25, -0.2) is 4.79 Å². The molecule has 15 heteroatoms. The Morgan fingerprint density at radius 3 is 2.46 bits per heavy atom. The summed E-state index contributed by atoms with van der Waals surface area (Å²) < 4.78 is 18.7. The van der Waals surface area contributed by atoms with Crippen molar-refractivity contribution in [3.8, 4) is 0 Å². The van der Waals surface area contributed by atoms with E-state index in [0.29, 0.717) is 0 Å². The lowest BCUT2D eigenvalue weighted by Gasteiger charge is -2.50. The summed E-state index contributed by atoms with van der Waals surface area (Å²) in [6, 6.07) is 6.86. The molecule has 0 aliphatic carbocycles. The summed E-state index contributed by atoms with van der Waals surface area (Å²) in [5.41, 5.74) is -0.967. The minimum atomic E-state index is -2.11. The number of aliphatic carboxylic acids is 1. The third-order valence-corrected chi connectivity index (χ3v) is 8.98. The first-order valence-electron chi connectivity index (χ1n) is 11.4. The van der Waals surface area contributed by atoms with E-state index in [9.17, 15) is 43.4 Å². The number of rotatable bonds is 10. The number of nitrogens with zero attached hydrogens (tertiary/aromatic N) is 2. The summed E-state index contributed by atoms with van der Waals surface area (Å²) in [4.78, 5) is 74.2. The van der Waals surface area contributed by atoms with Crippen LogP contribution in [-0.2, 0) is 41.1 Å². The van der Waals surface area contributed by atoms with E-state index in [1.807, 2.05) is 0 Å². The van der Waals surface area contributed by atoms with E-state index in [-0.39, 0.29) is 23.2 Å². The Hall–Kier alpha value is -4.24. The lowest BCUT2D eigenvalue weighted by atomic mass is 9.97. The van der Waals surface area contributed by atoms with Gasteiger partial charge < -0.3 is 15.2 Å². The molecule has 204 valence electrons. The molecular formula is C24H21N3O10S2. The molecular weight excluding hydrogens is 554 g/mol. The molecule has 0 saturated carbocycles. The van der Waals surface area contributed by atoms with Gasteiger partial charge in [0.05, 0.1) is 27.4 Å². The Kier molecular flexibility index (Phi) is 8.01. The number of fused-ring (bicyclic) bond motifs is 1. The van der Waals surface area contributed by atoms with Gasteiger partial charge in [0, 0.05) is 41.5 Å². The predicted molar refractivity (Wildman–Crippen MR) is 136 cm³/mol. The number of nitro benzene ring substituents is 1. The summed E-state index contributed by atoms with van der Waals surface area (Å²) >= 11 is 1.33. The highest BCUT2D eigenvalue weighted by molar-refractivity contribution is 7.86. The molecule has 2 amide bonds. The number of benzene rings is 1. The molecule has 0 radical (unpaired) electrons. The predicted octanol–water partition coefficient (Wildman–Crippen LogP) is 1.16. The van der Waals surface area contributed by atoms with Crippen LogP contribution in [-0.4, -0.2) is 71.9 Å². The monoisotopic (exact) mass is 575 g/mol. The number of ketones is 1. The van der Waals surface area contributed by atoms with E-state index in [2.05, 4.69) is 5.32 Å². The third kappa shape index (κ3) is 5.63. The van der Waals surface area contributed by atoms with Crippen LogP contribution in [0.1, 0.15) is 28.6 Å². The van der Waals surface area contributed by atoms with Gasteiger partial charge in [0.1, 0.15) is 23.7 Å². The molecule has 4 rings (SSSR count). The summed E-state index contributed by atoms with van der Waals surface area (Å²) in [6.45, 7) is 0.446. The average molecular weight is 576 g/mol. The van der Waals surface area contributed by atoms with Gasteiger partial charge in [-0.15, -0.1) is 11.3 Å². The molecule has 2 N–H and O–H groups in total. The molecule has 39 heavy (non-hydrogen) atoms. The van der Waals surface area contributed by atoms with Gasteiger partial charge in [0.2, 0.25) is 5.91 Å². The van der Waals surface area contributed by atoms with Gasteiger partial charge in [-0.1, -0.05) is 6.07 Å². The fraction of sp³-hybridized carbons (Fsp3) is 0.292.